The smallest absolute Gasteiger partial charge is 0.144 e. The highest BCUT2D eigenvalue weighted by Crippen LogP contribution is 2.18. The maximum absolute atomic E-state index is 5.25. The molecule has 0 spiro atoms. The van der Waals surface area contributed by atoms with Crippen LogP contribution in [-0.2, 0) is 11.3 Å². The Balaban J connectivity index is 1.87. The SMILES string of the molecule is CNc1cnc(CN2CCCC(COC)C2)cn1. The molecular formula is C13H22N4O. The summed E-state index contributed by atoms with van der Waals surface area (Å²) in [6, 6.07) is 0. The zero-order valence-electron chi connectivity index (χ0n) is 11.2. The molecule has 1 unspecified atom stereocenters. The van der Waals surface area contributed by atoms with E-state index < -0.39 is 0 Å². The summed E-state index contributed by atoms with van der Waals surface area (Å²) in [5.41, 5.74) is 1.03. The molecule has 1 saturated heterocycles. The van der Waals surface area contributed by atoms with Crippen LogP contribution in [-0.4, -0.2) is 48.7 Å². The molecule has 0 saturated carbocycles. The fourth-order valence-corrected chi connectivity index (χ4v) is 2.46. The van der Waals surface area contributed by atoms with Crippen LogP contribution in [0.3, 0.4) is 0 Å². The van der Waals surface area contributed by atoms with Crippen molar-refractivity contribution in [1.82, 2.24) is 14.9 Å². The number of methoxy groups -OCH3 is 1. The van der Waals surface area contributed by atoms with Crippen LogP contribution < -0.4 is 5.32 Å². The van der Waals surface area contributed by atoms with Crippen LogP contribution >= 0.6 is 0 Å². The van der Waals surface area contributed by atoms with Gasteiger partial charge in [0.1, 0.15) is 5.82 Å². The number of rotatable bonds is 5. The zero-order chi connectivity index (χ0) is 12.8. The van der Waals surface area contributed by atoms with Crippen molar-refractivity contribution in [2.45, 2.75) is 19.4 Å². The minimum Gasteiger partial charge on any atom is -0.384 e. The van der Waals surface area contributed by atoms with E-state index in [1.165, 1.54) is 12.8 Å². The first-order valence-corrected chi connectivity index (χ1v) is 6.51. The minimum atomic E-state index is 0.660. The van der Waals surface area contributed by atoms with Gasteiger partial charge in [-0.15, -0.1) is 0 Å². The van der Waals surface area contributed by atoms with Crippen LogP contribution in [0.2, 0.25) is 0 Å². The zero-order valence-corrected chi connectivity index (χ0v) is 11.2. The average Bonchev–Trinajstić information content (AvgIpc) is 2.40. The Labute approximate surface area is 109 Å². The van der Waals surface area contributed by atoms with Crippen LogP contribution in [0.5, 0.6) is 0 Å². The molecule has 1 aliphatic rings. The number of nitrogens with one attached hydrogen (secondary N) is 1. The van der Waals surface area contributed by atoms with E-state index in [9.17, 15) is 0 Å². The van der Waals surface area contributed by atoms with Gasteiger partial charge in [0, 0.05) is 27.2 Å². The molecule has 1 aliphatic heterocycles. The number of aromatic nitrogens is 2. The van der Waals surface area contributed by atoms with Gasteiger partial charge in [-0.25, -0.2) is 4.98 Å². The van der Waals surface area contributed by atoms with Crippen molar-refractivity contribution in [3.8, 4) is 0 Å². The van der Waals surface area contributed by atoms with Crippen molar-refractivity contribution in [2.75, 3.05) is 39.2 Å². The first-order valence-electron chi connectivity index (χ1n) is 6.51. The summed E-state index contributed by atoms with van der Waals surface area (Å²) in [6.45, 7) is 4.00. The number of hydrogen-bond donors (Lipinski definition) is 1. The topological polar surface area (TPSA) is 50.3 Å². The monoisotopic (exact) mass is 250 g/mol. The molecule has 100 valence electrons. The summed E-state index contributed by atoms with van der Waals surface area (Å²) in [7, 11) is 3.63. The van der Waals surface area contributed by atoms with Crippen LogP contribution in [0.15, 0.2) is 12.4 Å². The molecule has 2 rings (SSSR count). The highest BCUT2D eigenvalue weighted by atomic mass is 16.5. The molecule has 1 aromatic rings. The Morgan fingerprint density at radius 2 is 2.33 bits per heavy atom. The normalized spacial score (nSPS) is 20.9. The maximum Gasteiger partial charge on any atom is 0.144 e. The quantitative estimate of drug-likeness (QED) is 0.855. The third-order valence-electron chi connectivity index (χ3n) is 3.35. The van der Waals surface area contributed by atoms with Crippen molar-refractivity contribution in [3.63, 3.8) is 0 Å². The van der Waals surface area contributed by atoms with E-state index >= 15 is 0 Å². The van der Waals surface area contributed by atoms with Gasteiger partial charge in [-0.3, -0.25) is 9.88 Å². The molecule has 18 heavy (non-hydrogen) atoms. The number of anilines is 1. The molecule has 0 radical (unpaired) electrons. The predicted molar refractivity (Wildman–Crippen MR) is 71.5 cm³/mol. The summed E-state index contributed by atoms with van der Waals surface area (Å²) < 4.78 is 5.25. The van der Waals surface area contributed by atoms with Gasteiger partial charge in [0.05, 0.1) is 24.7 Å². The van der Waals surface area contributed by atoms with Gasteiger partial charge >= 0.3 is 0 Å². The molecule has 1 N–H and O–H groups in total. The van der Waals surface area contributed by atoms with Gasteiger partial charge in [0.15, 0.2) is 0 Å². The third-order valence-corrected chi connectivity index (χ3v) is 3.35. The maximum atomic E-state index is 5.25. The second-order valence-electron chi connectivity index (χ2n) is 4.84. The van der Waals surface area contributed by atoms with E-state index in [4.69, 9.17) is 4.74 Å². The number of ether oxygens (including phenoxy) is 1. The summed E-state index contributed by atoms with van der Waals surface area (Å²) in [6.07, 6.45) is 6.16. The average molecular weight is 250 g/mol. The van der Waals surface area contributed by atoms with Crippen LogP contribution in [0.25, 0.3) is 0 Å². The van der Waals surface area contributed by atoms with Gasteiger partial charge in [0.2, 0.25) is 0 Å². The van der Waals surface area contributed by atoms with Gasteiger partial charge in [-0.05, 0) is 25.3 Å². The van der Waals surface area contributed by atoms with Gasteiger partial charge in [-0.2, -0.15) is 0 Å². The van der Waals surface area contributed by atoms with Gasteiger partial charge < -0.3 is 10.1 Å². The number of hydrogen-bond acceptors (Lipinski definition) is 5. The third kappa shape index (κ3) is 3.65. The number of likely N-dealkylation sites (tertiary alicyclic amines) is 1. The Morgan fingerprint density at radius 3 is 3.00 bits per heavy atom. The van der Waals surface area contributed by atoms with Crippen molar-refractivity contribution < 1.29 is 4.74 Å². The molecular weight excluding hydrogens is 228 g/mol. The highest BCUT2D eigenvalue weighted by Gasteiger charge is 2.20. The van der Waals surface area contributed by atoms with E-state index in [-0.39, 0.29) is 0 Å². The molecule has 0 amide bonds. The molecule has 0 aliphatic carbocycles. The van der Waals surface area contributed by atoms with E-state index in [2.05, 4.69) is 20.2 Å². The Morgan fingerprint density at radius 1 is 1.44 bits per heavy atom. The van der Waals surface area contributed by atoms with E-state index in [0.717, 1.165) is 37.8 Å². The van der Waals surface area contributed by atoms with Crippen molar-refractivity contribution >= 4 is 5.82 Å². The lowest BCUT2D eigenvalue weighted by molar-refractivity contribution is 0.0867. The molecule has 0 aromatic carbocycles. The summed E-state index contributed by atoms with van der Waals surface area (Å²) in [4.78, 5) is 11.2. The number of nitrogens with zero attached hydrogens (tertiary/aromatic N) is 3. The first kappa shape index (κ1) is 13.2. The van der Waals surface area contributed by atoms with Crippen LogP contribution in [0.1, 0.15) is 18.5 Å². The molecule has 1 atom stereocenters. The molecule has 1 aromatic heterocycles. The van der Waals surface area contributed by atoms with Crippen LogP contribution in [0.4, 0.5) is 5.82 Å². The largest absolute Gasteiger partial charge is 0.384 e. The minimum absolute atomic E-state index is 0.660. The van der Waals surface area contributed by atoms with Crippen molar-refractivity contribution in [3.05, 3.63) is 18.1 Å². The number of piperidine rings is 1. The summed E-state index contributed by atoms with van der Waals surface area (Å²) in [5.74, 6) is 1.47. The van der Waals surface area contributed by atoms with E-state index in [1.54, 1.807) is 13.3 Å². The predicted octanol–water partition coefficient (Wildman–Crippen LogP) is 1.38. The Bertz CT molecular complexity index is 353. The molecule has 1 fully saturated rings. The second kappa shape index (κ2) is 6.66. The first-order chi connectivity index (χ1) is 8.81. The van der Waals surface area contributed by atoms with Crippen LogP contribution in [0, 0.1) is 5.92 Å². The molecule has 0 bridgehead atoms. The fourth-order valence-electron chi connectivity index (χ4n) is 2.46. The standard InChI is InChI=1S/C13H22N4O/c1-14-13-7-15-12(6-16-13)9-17-5-3-4-11(8-17)10-18-2/h6-7,11H,3-5,8-10H2,1-2H3,(H,14,16). The molecule has 5 heteroatoms. The van der Waals surface area contributed by atoms with Gasteiger partial charge in [-0.1, -0.05) is 0 Å². The molecule has 2 heterocycles. The Hall–Kier alpha value is -1.20. The summed E-state index contributed by atoms with van der Waals surface area (Å²) >= 11 is 0. The Kier molecular flexibility index (Phi) is 4.90. The lowest BCUT2D eigenvalue weighted by Crippen LogP contribution is -2.36. The fraction of sp³-hybridized carbons (Fsp3) is 0.692. The van der Waals surface area contributed by atoms with Crippen molar-refractivity contribution in [2.24, 2.45) is 5.92 Å². The van der Waals surface area contributed by atoms with Gasteiger partial charge in [0.25, 0.3) is 0 Å². The lowest BCUT2D eigenvalue weighted by Gasteiger charge is -2.31. The second-order valence-corrected chi connectivity index (χ2v) is 4.84. The van der Waals surface area contributed by atoms with E-state index in [1.807, 2.05) is 13.2 Å². The molecule has 5 nitrogen and oxygen atoms in total. The van der Waals surface area contributed by atoms with E-state index in [0.29, 0.717) is 5.92 Å². The lowest BCUT2D eigenvalue weighted by atomic mass is 9.99. The van der Waals surface area contributed by atoms with Crippen molar-refractivity contribution in [1.29, 1.82) is 0 Å². The summed E-state index contributed by atoms with van der Waals surface area (Å²) in [5, 5.41) is 2.98. The highest BCUT2D eigenvalue weighted by molar-refractivity contribution is 5.29.